The van der Waals surface area contributed by atoms with Crippen molar-refractivity contribution in [3.8, 4) is 6.07 Å². The third kappa shape index (κ3) is 5.09. The lowest BCUT2D eigenvalue weighted by atomic mass is 10.1. The van der Waals surface area contributed by atoms with Crippen LogP contribution in [0, 0.1) is 17.1 Å². The minimum absolute atomic E-state index is 0.00347. The van der Waals surface area contributed by atoms with Crippen LogP contribution in [0.5, 0.6) is 0 Å². The van der Waals surface area contributed by atoms with Crippen molar-refractivity contribution >= 4 is 57.3 Å². The lowest BCUT2D eigenvalue weighted by Gasteiger charge is -2.21. The van der Waals surface area contributed by atoms with E-state index in [4.69, 9.17) is 16.6 Å². The highest BCUT2D eigenvalue weighted by Crippen LogP contribution is 2.38. The summed E-state index contributed by atoms with van der Waals surface area (Å²) in [6, 6.07) is 12.6. The first-order valence-corrected chi connectivity index (χ1v) is 11.8. The van der Waals surface area contributed by atoms with Crippen LogP contribution in [-0.2, 0) is 0 Å². The van der Waals surface area contributed by atoms with Gasteiger partial charge in [0.25, 0.3) is 0 Å². The predicted octanol–water partition coefficient (Wildman–Crippen LogP) is 5.79. The molecule has 0 atom stereocenters. The normalized spacial score (nSPS) is 11.1. The maximum absolute atomic E-state index is 13.7. The highest BCUT2D eigenvalue weighted by molar-refractivity contribution is 7.99. The molecule has 0 aliphatic rings. The SMILES string of the molecule is CN(C)CCSc1ccc2c(Nc3ccc(F)c(Cl)c3)c(C#N)c(N(C)c3cnc[nH]3)nc2c1. The van der Waals surface area contributed by atoms with Crippen LogP contribution < -0.4 is 10.2 Å². The number of aromatic amines is 1. The summed E-state index contributed by atoms with van der Waals surface area (Å²) in [5.74, 6) is 1.59. The quantitative estimate of drug-likeness (QED) is 0.299. The number of rotatable bonds is 8. The molecule has 4 rings (SSSR count). The van der Waals surface area contributed by atoms with E-state index in [0.29, 0.717) is 28.6 Å². The van der Waals surface area contributed by atoms with E-state index in [1.807, 2.05) is 39.3 Å². The minimum atomic E-state index is -0.508. The molecule has 174 valence electrons. The van der Waals surface area contributed by atoms with Gasteiger partial charge in [-0.05, 0) is 50.5 Å². The molecule has 0 aliphatic carbocycles. The average molecular weight is 496 g/mol. The maximum Gasteiger partial charge on any atom is 0.154 e. The average Bonchev–Trinajstić information content (AvgIpc) is 3.35. The number of pyridine rings is 1. The van der Waals surface area contributed by atoms with Crippen LogP contribution in [0.1, 0.15) is 5.56 Å². The molecule has 0 unspecified atom stereocenters. The van der Waals surface area contributed by atoms with Crippen molar-refractivity contribution in [2.45, 2.75) is 4.90 Å². The Kier molecular flexibility index (Phi) is 7.22. The second kappa shape index (κ2) is 10.3. The van der Waals surface area contributed by atoms with Crippen LogP contribution in [0.4, 0.5) is 27.4 Å². The number of hydrogen-bond acceptors (Lipinski definition) is 7. The van der Waals surface area contributed by atoms with Gasteiger partial charge in [0.1, 0.15) is 23.3 Å². The summed E-state index contributed by atoms with van der Waals surface area (Å²) in [5.41, 5.74) is 2.21. The first-order chi connectivity index (χ1) is 16.4. The lowest BCUT2D eigenvalue weighted by molar-refractivity contribution is 0.437. The van der Waals surface area contributed by atoms with Crippen LogP contribution >= 0.6 is 23.4 Å². The second-order valence-electron chi connectivity index (χ2n) is 7.88. The van der Waals surface area contributed by atoms with Gasteiger partial charge in [0.15, 0.2) is 5.82 Å². The molecule has 4 aromatic rings. The number of anilines is 4. The molecule has 2 N–H and O–H groups in total. The van der Waals surface area contributed by atoms with E-state index >= 15 is 0 Å². The highest BCUT2D eigenvalue weighted by atomic mass is 35.5. The van der Waals surface area contributed by atoms with Crippen molar-refractivity contribution in [2.24, 2.45) is 0 Å². The Morgan fingerprint density at radius 3 is 2.71 bits per heavy atom. The number of aromatic nitrogens is 3. The number of nitrogens with one attached hydrogen (secondary N) is 2. The van der Waals surface area contributed by atoms with Crippen molar-refractivity contribution < 1.29 is 4.39 Å². The van der Waals surface area contributed by atoms with Crippen LogP contribution in [-0.4, -0.2) is 53.3 Å². The number of fused-ring (bicyclic) bond motifs is 1. The summed E-state index contributed by atoms with van der Waals surface area (Å²) in [6.07, 6.45) is 3.23. The van der Waals surface area contributed by atoms with Gasteiger partial charge in [-0.3, -0.25) is 0 Å². The van der Waals surface area contributed by atoms with Crippen molar-refractivity contribution in [3.63, 3.8) is 0 Å². The van der Waals surface area contributed by atoms with E-state index in [-0.39, 0.29) is 5.02 Å². The summed E-state index contributed by atoms with van der Waals surface area (Å²) in [5, 5.41) is 14.2. The highest BCUT2D eigenvalue weighted by Gasteiger charge is 2.20. The lowest BCUT2D eigenvalue weighted by Crippen LogP contribution is -2.15. The van der Waals surface area contributed by atoms with Crippen LogP contribution in [0.2, 0.25) is 5.02 Å². The van der Waals surface area contributed by atoms with Gasteiger partial charge in [0, 0.05) is 35.3 Å². The van der Waals surface area contributed by atoms with Crippen molar-refractivity contribution in [3.05, 3.63) is 65.3 Å². The first-order valence-electron chi connectivity index (χ1n) is 10.5. The topological polar surface area (TPSA) is 83.9 Å². The fourth-order valence-electron chi connectivity index (χ4n) is 3.41. The molecule has 0 aliphatic heterocycles. The molecule has 7 nitrogen and oxygen atoms in total. The van der Waals surface area contributed by atoms with E-state index in [2.05, 4.69) is 26.3 Å². The van der Waals surface area contributed by atoms with Gasteiger partial charge in [0.05, 0.1) is 28.8 Å². The maximum atomic E-state index is 13.7. The Bertz CT molecular complexity index is 1350. The molecule has 10 heteroatoms. The molecule has 0 radical (unpaired) electrons. The predicted molar refractivity (Wildman–Crippen MR) is 137 cm³/mol. The fraction of sp³-hybridized carbons (Fsp3) is 0.208. The standard InChI is InChI=1S/C24H23ClFN7S/c1-32(2)8-9-34-16-5-6-17-21(11-16)31-24(33(3)22-13-28-14-29-22)18(12-27)23(17)30-15-4-7-20(26)19(25)10-15/h4-7,10-11,13-14H,8-9H2,1-3H3,(H,28,29)(H,30,31). The summed E-state index contributed by atoms with van der Waals surface area (Å²) in [7, 11) is 5.91. The molecule has 2 aromatic carbocycles. The van der Waals surface area contributed by atoms with Crippen molar-refractivity contribution in [1.29, 1.82) is 5.26 Å². The van der Waals surface area contributed by atoms with Gasteiger partial charge in [-0.15, -0.1) is 11.8 Å². The van der Waals surface area contributed by atoms with Gasteiger partial charge in [-0.25, -0.2) is 14.4 Å². The van der Waals surface area contributed by atoms with E-state index in [0.717, 1.165) is 28.1 Å². The summed E-state index contributed by atoms with van der Waals surface area (Å²) < 4.78 is 13.7. The number of hydrogen-bond donors (Lipinski definition) is 2. The number of benzene rings is 2. The first kappa shape index (κ1) is 23.8. The molecule has 0 saturated heterocycles. The number of halogens is 2. The van der Waals surface area contributed by atoms with Crippen molar-refractivity contribution in [1.82, 2.24) is 19.9 Å². The van der Waals surface area contributed by atoms with E-state index < -0.39 is 5.82 Å². The number of nitrogens with zero attached hydrogens (tertiary/aromatic N) is 5. The van der Waals surface area contributed by atoms with E-state index in [1.165, 1.54) is 12.1 Å². The number of H-pyrrole nitrogens is 1. The fourth-order valence-corrected chi connectivity index (χ4v) is 4.64. The smallest absolute Gasteiger partial charge is 0.154 e. The van der Waals surface area contributed by atoms with Gasteiger partial charge < -0.3 is 20.1 Å². The molecule has 0 amide bonds. The summed E-state index contributed by atoms with van der Waals surface area (Å²) in [4.78, 5) is 17.0. The van der Waals surface area contributed by atoms with Crippen LogP contribution in [0.25, 0.3) is 10.9 Å². The Morgan fingerprint density at radius 1 is 1.21 bits per heavy atom. The van der Waals surface area contributed by atoms with E-state index in [9.17, 15) is 9.65 Å². The molecule has 34 heavy (non-hydrogen) atoms. The minimum Gasteiger partial charge on any atom is -0.354 e. The Labute approximate surface area is 206 Å². The Balaban J connectivity index is 1.85. The zero-order valence-electron chi connectivity index (χ0n) is 18.9. The molecule has 2 heterocycles. The molecule has 2 aromatic heterocycles. The summed E-state index contributed by atoms with van der Waals surface area (Å²) in [6.45, 7) is 0.954. The second-order valence-corrected chi connectivity index (χ2v) is 9.45. The molecule has 0 fully saturated rings. The third-order valence-corrected chi connectivity index (χ3v) is 6.47. The third-order valence-electron chi connectivity index (χ3n) is 5.21. The van der Waals surface area contributed by atoms with Gasteiger partial charge in [0.2, 0.25) is 0 Å². The molecule has 0 spiro atoms. The monoisotopic (exact) mass is 495 g/mol. The largest absolute Gasteiger partial charge is 0.354 e. The van der Waals surface area contributed by atoms with E-state index in [1.54, 1.807) is 35.3 Å². The molecule has 0 bridgehead atoms. The van der Waals surface area contributed by atoms with Crippen LogP contribution in [0.3, 0.4) is 0 Å². The van der Waals surface area contributed by atoms with Gasteiger partial charge in [-0.2, -0.15) is 5.26 Å². The van der Waals surface area contributed by atoms with Gasteiger partial charge in [-0.1, -0.05) is 11.6 Å². The van der Waals surface area contributed by atoms with Gasteiger partial charge >= 0.3 is 0 Å². The molecular formula is C24H23ClFN7S. The zero-order valence-corrected chi connectivity index (χ0v) is 20.5. The number of thioether (sulfide) groups is 1. The molecule has 0 saturated carbocycles. The molecular weight excluding hydrogens is 473 g/mol. The number of imidazole rings is 1. The zero-order chi connectivity index (χ0) is 24.2. The van der Waals surface area contributed by atoms with Crippen molar-refractivity contribution in [2.75, 3.05) is 43.7 Å². The Hall–Kier alpha value is -3.32. The summed E-state index contributed by atoms with van der Waals surface area (Å²) >= 11 is 7.74. The Morgan fingerprint density at radius 2 is 2.03 bits per heavy atom. The van der Waals surface area contributed by atoms with Crippen LogP contribution in [0.15, 0.2) is 53.8 Å². The number of nitriles is 1.